The quantitative estimate of drug-likeness (QED) is 0.0657. The Bertz CT molecular complexity index is 1330. The molecule has 1 aromatic heterocycles. The lowest BCUT2D eigenvalue weighted by Crippen LogP contribution is -2.52. The summed E-state index contributed by atoms with van der Waals surface area (Å²) in [6, 6.07) is 0. The van der Waals surface area contributed by atoms with Crippen LogP contribution in [-0.4, -0.2) is 166 Å². The van der Waals surface area contributed by atoms with E-state index in [4.69, 9.17) is 47.6 Å². The van der Waals surface area contributed by atoms with Crippen molar-refractivity contribution in [2.24, 2.45) is 0 Å². The summed E-state index contributed by atoms with van der Waals surface area (Å²) in [6.07, 6.45) is 4.83. The minimum absolute atomic E-state index is 0.0184. The van der Waals surface area contributed by atoms with Gasteiger partial charge in [0.25, 0.3) is 5.91 Å². The molecule has 16 nitrogen and oxygen atoms in total. The number of esters is 1. The lowest BCUT2D eigenvalue weighted by Gasteiger charge is -2.43. The van der Waals surface area contributed by atoms with E-state index >= 15 is 0 Å². The summed E-state index contributed by atoms with van der Waals surface area (Å²) in [6.45, 7) is 11.2. The number of amides is 1. The maximum atomic E-state index is 14.0. The fourth-order valence-electron chi connectivity index (χ4n) is 6.32. The molecule has 1 fully saturated rings. The Labute approximate surface area is 321 Å². The average Bonchev–Trinajstić information content (AvgIpc) is 3.69. The number of hydrogen-bond acceptors (Lipinski definition) is 15. The van der Waals surface area contributed by atoms with E-state index in [9.17, 15) is 18.0 Å². The van der Waals surface area contributed by atoms with Crippen molar-refractivity contribution >= 4 is 21.7 Å². The molecule has 310 valence electrons. The lowest BCUT2D eigenvalue weighted by molar-refractivity contribution is -0.155. The van der Waals surface area contributed by atoms with Crippen molar-refractivity contribution in [3.8, 4) is 0 Å². The first-order valence-corrected chi connectivity index (χ1v) is 20.5. The van der Waals surface area contributed by atoms with Gasteiger partial charge in [0.15, 0.2) is 0 Å². The molecule has 0 bridgehead atoms. The van der Waals surface area contributed by atoms with Crippen molar-refractivity contribution in [1.82, 2.24) is 14.9 Å². The van der Waals surface area contributed by atoms with Gasteiger partial charge >= 0.3 is 5.97 Å². The highest BCUT2D eigenvalue weighted by Crippen LogP contribution is 2.39. The van der Waals surface area contributed by atoms with Crippen LogP contribution in [0, 0.1) is 0 Å². The Morgan fingerprint density at radius 2 is 1.24 bits per heavy atom. The molecule has 2 heterocycles. The third kappa shape index (κ3) is 15.7. The van der Waals surface area contributed by atoms with E-state index in [1.54, 1.807) is 39.9 Å². The van der Waals surface area contributed by atoms with Crippen molar-refractivity contribution < 1.29 is 60.6 Å². The Balaban J connectivity index is 1.79. The molecule has 0 N–H and O–H groups in total. The second-order valence-corrected chi connectivity index (χ2v) is 16.5. The van der Waals surface area contributed by atoms with E-state index in [0.717, 1.165) is 12.8 Å². The number of fused-ring (bicyclic) bond motifs is 1. The third-order valence-electron chi connectivity index (χ3n) is 9.08. The molecule has 17 heteroatoms. The second kappa shape index (κ2) is 24.3. The molecule has 54 heavy (non-hydrogen) atoms. The van der Waals surface area contributed by atoms with Crippen LogP contribution in [0.15, 0.2) is 11.4 Å². The van der Waals surface area contributed by atoms with E-state index < -0.39 is 32.1 Å². The van der Waals surface area contributed by atoms with Crippen molar-refractivity contribution in [1.29, 1.82) is 0 Å². The fraction of sp³-hybridized carbons (Fsp3) is 0.838. The van der Waals surface area contributed by atoms with Gasteiger partial charge in [-0.1, -0.05) is 12.8 Å². The van der Waals surface area contributed by atoms with Crippen LogP contribution < -0.4 is 0 Å². The predicted octanol–water partition coefficient (Wildman–Crippen LogP) is 2.79. The van der Waals surface area contributed by atoms with E-state index in [1.807, 2.05) is 0 Å². The van der Waals surface area contributed by atoms with Crippen LogP contribution in [0.25, 0.3) is 0 Å². The molecular formula is C37H63N3O13S. The summed E-state index contributed by atoms with van der Waals surface area (Å²) >= 11 is 0. The first kappa shape index (κ1) is 46.0. The number of carbonyl (C=O) groups is 2. The largest absolute Gasteiger partial charge is 0.460 e. The number of methoxy groups -OCH3 is 2. The number of carbonyl (C=O) groups excluding carboxylic acids is 2. The third-order valence-corrected chi connectivity index (χ3v) is 11.1. The number of rotatable bonds is 29. The Morgan fingerprint density at radius 1 is 0.778 bits per heavy atom. The second-order valence-electron chi connectivity index (χ2n) is 14.4. The molecular weight excluding hydrogens is 726 g/mol. The minimum Gasteiger partial charge on any atom is -0.460 e. The molecule has 1 aliphatic heterocycles. The summed E-state index contributed by atoms with van der Waals surface area (Å²) in [7, 11) is -0.591. The first-order valence-electron chi connectivity index (χ1n) is 19.0. The molecule has 1 amide bonds. The molecule has 0 aromatic carbocycles. The van der Waals surface area contributed by atoms with E-state index in [1.165, 1.54) is 6.20 Å². The van der Waals surface area contributed by atoms with Crippen LogP contribution in [0.2, 0.25) is 0 Å². The molecule has 0 unspecified atom stereocenters. The molecule has 0 saturated heterocycles. The highest BCUT2D eigenvalue weighted by atomic mass is 32.2. The molecule has 0 radical (unpaired) electrons. The monoisotopic (exact) mass is 789 g/mol. The van der Waals surface area contributed by atoms with E-state index in [0.29, 0.717) is 111 Å². The van der Waals surface area contributed by atoms with Crippen LogP contribution in [0.1, 0.15) is 81.8 Å². The zero-order valence-electron chi connectivity index (χ0n) is 33.0. The highest BCUT2D eigenvalue weighted by molar-refractivity contribution is 7.91. The van der Waals surface area contributed by atoms with Crippen molar-refractivity contribution in [3.63, 3.8) is 0 Å². The van der Waals surface area contributed by atoms with Crippen LogP contribution in [0.4, 0.5) is 0 Å². The zero-order chi connectivity index (χ0) is 39.3. The Kier molecular flexibility index (Phi) is 20.7. The summed E-state index contributed by atoms with van der Waals surface area (Å²) in [5.74, 6) is -0.807. The molecule has 3 rings (SSSR count). The maximum Gasteiger partial charge on any atom is 0.308 e. The summed E-state index contributed by atoms with van der Waals surface area (Å²) in [5.41, 5.74) is -1.00. The van der Waals surface area contributed by atoms with Gasteiger partial charge in [-0.05, 0) is 46.5 Å². The average molecular weight is 790 g/mol. The van der Waals surface area contributed by atoms with Gasteiger partial charge in [-0.25, -0.2) is 18.4 Å². The summed E-state index contributed by atoms with van der Waals surface area (Å²) < 4.78 is 77.0. The Hall–Kier alpha value is -2.35. The van der Waals surface area contributed by atoms with Crippen molar-refractivity contribution in [2.45, 2.75) is 87.1 Å². The van der Waals surface area contributed by atoms with Crippen LogP contribution in [0.3, 0.4) is 0 Å². The Morgan fingerprint density at radius 3 is 1.70 bits per heavy atom. The van der Waals surface area contributed by atoms with Gasteiger partial charge in [0.05, 0.1) is 102 Å². The molecule has 1 aliphatic carbocycles. The summed E-state index contributed by atoms with van der Waals surface area (Å²) in [4.78, 5) is 37.2. The van der Waals surface area contributed by atoms with Gasteiger partial charge in [-0.15, -0.1) is 0 Å². The van der Waals surface area contributed by atoms with Crippen LogP contribution >= 0.6 is 0 Å². The SMILES string of the molecule is COCCOCCOCCOCCC1(CCOCCOCCOCCOC)CN(CCC(=O)OC(C)(C)C)C(=O)c2cnc(S(=O)(=O)C3CCCC3)nc21. The van der Waals surface area contributed by atoms with E-state index in [-0.39, 0.29) is 49.4 Å². The van der Waals surface area contributed by atoms with Gasteiger partial charge in [-0.3, -0.25) is 9.59 Å². The van der Waals surface area contributed by atoms with Crippen LogP contribution in [0.5, 0.6) is 0 Å². The highest BCUT2D eigenvalue weighted by Gasteiger charge is 2.46. The predicted molar refractivity (Wildman–Crippen MR) is 197 cm³/mol. The van der Waals surface area contributed by atoms with Gasteiger partial charge < -0.3 is 47.5 Å². The van der Waals surface area contributed by atoms with Gasteiger partial charge in [0.1, 0.15) is 5.60 Å². The normalized spacial score (nSPS) is 16.2. The van der Waals surface area contributed by atoms with E-state index in [2.05, 4.69) is 4.98 Å². The maximum absolute atomic E-state index is 14.0. The molecule has 1 saturated carbocycles. The molecule has 1 aromatic rings. The molecule has 0 atom stereocenters. The van der Waals surface area contributed by atoms with Crippen molar-refractivity contribution in [3.05, 3.63) is 17.5 Å². The number of sulfone groups is 1. The van der Waals surface area contributed by atoms with Crippen molar-refractivity contribution in [2.75, 3.05) is 120 Å². The summed E-state index contributed by atoms with van der Waals surface area (Å²) in [5, 5.41) is -0.825. The lowest BCUT2D eigenvalue weighted by atomic mass is 9.73. The molecule has 2 aliphatic rings. The number of aromatic nitrogens is 2. The van der Waals surface area contributed by atoms with Gasteiger partial charge in [-0.2, -0.15) is 0 Å². The van der Waals surface area contributed by atoms with Crippen LogP contribution in [-0.2, 0) is 62.7 Å². The number of nitrogens with zero attached hydrogens (tertiary/aromatic N) is 3. The number of ether oxygens (including phenoxy) is 9. The zero-order valence-corrected chi connectivity index (χ0v) is 33.8. The fourth-order valence-corrected chi connectivity index (χ4v) is 7.99. The van der Waals surface area contributed by atoms with Gasteiger partial charge in [0.2, 0.25) is 15.0 Å². The smallest absolute Gasteiger partial charge is 0.308 e. The minimum atomic E-state index is -3.82. The molecule has 0 spiro atoms. The standard InChI is InChI=1S/C37H63N3O13S/c1-36(2,3)53-32(41)10-13-40-29-37(11-14-47-20-22-51-26-24-49-18-16-45-4,12-15-48-21-23-52-27-25-50-19-17-46-5)33-31(34(40)42)28-38-35(39-33)54(43,44)30-8-6-7-9-30/h28,30H,6-27,29H2,1-5H3. The number of hydrogen-bond donors (Lipinski definition) is 0. The first-order chi connectivity index (χ1) is 25.9. The van der Waals surface area contributed by atoms with Gasteiger partial charge in [0, 0.05) is 52.1 Å². The topological polar surface area (TPSA) is 180 Å².